The van der Waals surface area contributed by atoms with E-state index in [1.54, 1.807) is 0 Å². The van der Waals surface area contributed by atoms with Gasteiger partial charge in [-0.2, -0.15) is 5.10 Å². The number of carbonyl (C=O) groups excluding carboxylic acids is 1. The van der Waals surface area contributed by atoms with Crippen molar-refractivity contribution < 1.29 is 4.79 Å². The monoisotopic (exact) mass is 428 g/mol. The second-order valence-electron chi connectivity index (χ2n) is 8.11. The third kappa shape index (κ3) is 3.58. The first-order valence-electron chi connectivity index (χ1n) is 10.4. The standard InChI is InChI=1S/C22H25ClN4OS/c1-15-19-13-20(29-22(19)27(24-15)17-7-4-6-16(23)12-17)21(28)26-11-5-8-18(26)14-25-9-2-3-10-25/h4,6-7,12-13,18H,2-3,5,8-11,14H2,1H3. The van der Waals surface area contributed by atoms with Gasteiger partial charge in [-0.1, -0.05) is 17.7 Å². The van der Waals surface area contributed by atoms with E-state index in [4.69, 9.17) is 11.6 Å². The normalized spacial score (nSPS) is 20.2. The maximum Gasteiger partial charge on any atom is 0.264 e. The SMILES string of the molecule is Cc1nn(-c2cccc(Cl)c2)c2sc(C(=O)N3CCCC3CN3CCCC3)cc12. The molecule has 0 aliphatic carbocycles. The molecule has 0 radical (unpaired) electrons. The molecule has 0 spiro atoms. The third-order valence-electron chi connectivity index (χ3n) is 6.11. The molecule has 1 aromatic carbocycles. The first-order valence-corrected chi connectivity index (χ1v) is 11.6. The van der Waals surface area contributed by atoms with Gasteiger partial charge in [0, 0.05) is 29.5 Å². The Morgan fingerprint density at radius 2 is 2.03 bits per heavy atom. The van der Waals surface area contributed by atoms with Crippen LogP contribution in [-0.2, 0) is 0 Å². The number of nitrogens with zero attached hydrogens (tertiary/aromatic N) is 4. The molecule has 2 fully saturated rings. The maximum atomic E-state index is 13.4. The number of likely N-dealkylation sites (tertiary alicyclic amines) is 2. The smallest absolute Gasteiger partial charge is 0.264 e. The molecular formula is C22H25ClN4OS. The molecule has 29 heavy (non-hydrogen) atoms. The van der Waals surface area contributed by atoms with E-state index in [0.717, 1.165) is 52.4 Å². The molecule has 152 valence electrons. The molecule has 0 N–H and O–H groups in total. The summed E-state index contributed by atoms with van der Waals surface area (Å²) in [5.41, 5.74) is 1.86. The average molecular weight is 429 g/mol. The number of benzene rings is 1. The molecule has 2 aromatic heterocycles. The van der Waals surface area contributed by atoms with E-state index in [9.17, 15) is 4.79 Å². The number of aryl methyl sites for hydroxylation is 1. The van der Waals surface area contributed by atoms with E-state index in [1.807, 2.05) is 41.9 Å². The number of carbonyl (C=O) groups is 1. The third-order valence-corrected chi connectivity index (χ3v) is 7.45. The van der Waals surface area contributed by atoms with Crippen LogP contribution in [0.3, 0.4) is 0 Å². The molecule has 2 aliphatic heterocycles. The van der Waals surface area contributed by atoms with Crippen LogP contribution in [0.2, 0.25) is 5.02 Å². The molecule has 3 aromatic rings. The highest BCUT2D eigenvalue weighted by molar-refractivity contribution is 7.20. The molecule has 1 amide bonds. The van der Waals surface area contributed by atoms with Gasteiger partial charge in [-0.15, -0.1) is 11.3 Å². The lowest BCUT2D eigenvalue weighted by Crippen LogP contribution is -2.42. The molecule has 0 bridgehead atoms. The molecule has 4 heterocycles. The van der Waals surface area contributed by atoms with Crippen LogP contribution in [0.15, 0.2) is 30.3 Å². The van der Waals surface area contributed by atoms with Crippen LogP contribution in [0.4, 0.5) is 0 Å². The zero-order valence-electron chi connectivity index (χ0n) is 16.6. The quantitative estimate of drug-likeness (QED) is 0.602. The zero-order valence-corrected chi connectivity index (χ0v) is 18.2. The van der Waals surface area contributed by atoms with Gasteiger partial charge in [-0.05, 0) is 70.0 Å². The second-order valence-corrected chi connectivity index (χ2v) is 9.58. The van der Waals surface area contributed by atoms with E-state index in [1.165, 1.54) is 37.3 Å². The summed E-state index contributed by atoms with van der Waals surface area (Å²) in [6.07, 6.45) is 4.79. The highest BCUT2D eigenvalue weighted by Gasteiger charge is 2.32. The number of halogens is 1. The molecule has 0 saturated carbocycles. The van der Waals surface area contributed by atoms with Crippen molar-refractivity contribution in [1.29, 1.82) is 0 Å². The Bertz CT molecular complexity index is 1050. The van der Waals surface area contributed by atoms with E-state index in [2.05, 4.69) is 14.9 Å². The van der Waals surface area contributed by atoms with Gasteiger partial charge in [0.15, 0.2) is 0 Å². The Morgan fingerprint density at radius 3 is 2.83 bits per heavy atom. The number of thiophene rings is 1. The number of hydrogen-bond acceptors (Lipinski definition) is 4. The second kappa shape index (κ2) is 7.74. The van der Waals surface area contributed by atoms with Gasteiger partial charge >= 0.3 is 0 Å². The summed E-state index contributed by atoms with van der Waals surface area (Å²) < 4.78 is 1.91. The molecule has 1 atom stereocenters. The summed E-state index contributed by atoms with van der Waals surface area (Å²) in [5.74, 6) is 0.171. The Kier molecular flexibility index (Phi) is 5.10. The Morgan fingerprint density at radius 1 is 1.21 bits per heavy atom. The predicted octanol–water partition coefficient (Wildman–Crippen LogP) is 4.75. The predicted molar refractivity (Wildman–Crippen MR) is 118 cm³/mol. The minimum atomic E-state index is 0.171. The molecule has 2 aliphatic rings. The van der Waals surface area contributed by atoms with Crippen molar-refractivity contribution in [2.24, 2.45) is 0 Å². The Balaban J connectivity index is 1.44. The van der Waals surface area contributed by atoms with E-state index >= 15 is 0 Å². The first kappa shape index (κ1) is 19.1. The van der Waals surface area contributed by atoms with Crippen LogP contribution >= 0.6 is 22.9 Å². The van der Waals surface area contributed by atoms with Crippen molar-refractivity contribution in [2.45, 2.75) is 38.6 Å². The van der Waals surface area contributed by atoms with E-state index in [-0.39, 0.29) is 5.91 Å². The van der Waals surface area contributed by atoms with Crippen molar-refractivity contribution in [3.05, 3.63) is 45.9 Å². The summed E-state index contributed by atoms with van der Waals surface area (Å²) >= 11 is 7.72. The lowest BCUT2D eigenvalue weighted by Gasteiger charge is -2.28. The first-order chi connectivity index (χ1) is 14.1. The Hall–Kier alpha value is -1.89. The summed E-state index contributed by atoms with van der Waals surface area (Å²) in [7, 11) is 0. The minimum Gasteiger partial charge on any atom is -0.334 e. The molecule has 2 saturated heterocycles. The van der Waals surface area contributed by atoms with Crippen LogP contribution in [-0.4, -0.2) is 57.7 Å². The van der Waals surface area contributed by atoms with Gasteiger partial charge in [0.2, 0.25) is 0 Å². The fourth-order valence-corrected chi connectivity index (χ4v) is 5.96. The van der Waals surface area contributed by atoms with Gasteiger partial charge < -0.3 is 9.80 Å². The molecule has 7 heteroatoms. The molecule has 5 rings (SSSR count). The van der Waals surface area contributed by atoms with Gasteiger partial charge in [0.1, 0.15) is 4.83 Å². The van der Waals surface area contributed by atoms with Crippen LogP contribution in [0.5, 0.6) is 0 Å². The molecule has 1 unspecified atom stereocenters. The summed E-state index contributed by atoms with van der Waals surface area (Å²) in [4.78, 5) is 19.8. The van der Waals surface area contributed by atoms with Crippen molar-refractivity contribution >= 4 is 39.1 Å². The number of aromatic nitrogens is 2. The van der Waals surface area contributed by atoms with Crippen LogP contribution < -0.4 is 0 Å². The zero-order chi connectivity index (χ0) is 20.0. The van der Waals surface area contributed by atoms with Gasteiger partial charge in [-0.25, -0.2) is 4.68 Å². The lowest BCUT2D eigenvalue weighted by molar-refractivity contribution is 0.0714. The van der Waals surface area contributed by atoms with E-state index in [0.29, 0.717) is 11.1 Å². The van der Waals surface area contributed by atoms with Gasteiger partial charge in [0.25, 0.3) is 5.91 Å². The van der Waals surface area contributed by atoms with Crippen molar-refractivity contribution in [3.63, 3.8) is 0 Å². The maximum absolute atomic E-state index is 13.4. The van der Waals surface area contributed by atoms with E-state index < -0.39 is 0 Å². The van der Waals surface area contributed by atoms with Gasteiger partial charge in [0.05, 0.1) is 16.3 Å². The van der Waals surface area contributed by atoms with Crippen molar-refractivity contribution in [1.82, 2.24) is 19.6 Å². The fraction of sp³-hybridized carbons (Fsp3) is 0.455. The summed E-state index contributed by atoms with van der Waals surface area (Å²) in [5, 5.41) is 6.41. The lowest BCUT2D eigenvalue weighted by atomic mass is 10.2. The molecular weight excluding hydrogens is 404 g/mol. The number of hydrogen-bond donors (Lipinski definition) is 0. The van der Waals surface area contributed by atoms with Crippen LogP contribution in [0, 0.1) is 6.92 Å². The fourth-order valence-electron chi connectivity index (χ4n) is 4.63. The minimum absolute atomic E-state index is 0.171. The average Bonchev–Trinajstić information content (AvgIpc) is 3.48. The number of rotatable bonds is 4. The summed E-state index contributed by atoms with van der Waals surface area (Å²) in [6.45, 7) is 6.24. The van der Waals surface area contributed by atoms with Gasteiger partial charge in [-0.3, -0.25) is 4.79 Å². The largest absolute Gasteiger partial charge is 0.334 e. The highest BCUT2D eigenvalue weighted by atomic mass is 35.5. The highest BCUT2D eigenvalue weighted by Crippen LogP contribution is 2.33. The number of fused-ring (bicyclic) bond motifs is 1. The number of amides is 1. The molecule has 5 nitrogen and oxygen atoms in total. The topological polar surface area (TPSA) is 41.4 Å². The Labute approximate surface area is 179 Å². The van der Waals surface area contributed by atoms with Crippen LogP contribution in [0.1, 0.15) is 41.0 Å². The van der Waals surface area contributed by atoms with Crippen molar-refractivity contribution in [3.8, 4) is 5.69 Å². The van der Waals surface area contributed by atoms with Crippen LogP contribution in [0.25, 0.3) is 15.9 Å². The van der Waals surface area contributed by atoms with Crippen molar-refractivity contribution in [2.75, 3.05) is 26.2 Å². The summed E-state index contributed by atoms with van der Waals surface area (Å²) in [6, 6.07) is 10.0.